The molecule has 1 heterocycles. The van der Waals surface area contributed by atoms with Crippen LogP contribution in [0.3, 0.4) is 0 Å². The lowest BCUT2D eigenvalue weighted by Gasteiger charge is -2.31. The molecule has 0 radical (unpaired) electrons. The van der Waals surface area contributed by atoms with E-state index in [0.29, 0.717) is 6.54 Å². The standard InChI is InChI=1S/C12H20BrN3OS/c1-4-9(14)12(10-5-8(13)7-18-10)16(3)6-11(17)15-2/h5,7,9,12H,4,6,14H2,1-3H3,(H,15,17). The molecule has 0 saturated heterocycles. The van der Waals surface area contributed by atoms with Gasteiger partial charge in [-0.2, -0.15) is 0 Å². The lowest BCUT2D eigenvalue weighted by molar-refractivity contribution is -0.122. The highest BCUT2D eigenvalue weighted by Crippen LogP contribution is 2.31. The van der Waals surface area contributed by atoms with Crippen molar-refractivity contribution < 1.29 is 4.79 Å². The SMILES string of the molecule is CCC(N)C(c1cc(Br)cs1)N(C)CC(=O)NC. The van der Waals surface area contributed by atoms with Crippen LogP contribution in [-0.2, 0) is 4.79 Å². The van der Waals surface area contributed by atoms with E-state index in [1.807, 2.05) is 17.3 Å². The third-order valence-electron chi connectivity index (χ3n) is 2.90. The molecule has 0 aliphatic rings. The Kier molecular flexibility index (Phi) is 6.28. The fourth-order valence-electron chi connectivity index (χ4n) is 1.87. The van der Waals surface area contributed by atoms with E-state index in [2.05, 4.69) is 34.2 Å². The minimum atomic E-state index is 0.00132. The van der Waals surface area contributed by atoms with Crippen LogP contribution in [-0.4, -0.2) is 37.5 Å². The first-order valence-electron chi connectivity index (χ1n) is 5.89. The van der Waals surface area contributed by atoms with Gasteiger partial charge in [-0.25, -0.2) is 0 Å². The molecule has 1 amide bonds. The highest BCUT2D eigenvalue weighted by Gasteiger charge is 2.25. The zero-order valence-electron chi connectivity index (χ0n) is 10.9. The molecule has 6 heteroatoms. The number of hydrogen-bond donors (Lipinski definition) is 2. The van der Waals surface area contributed by atoms with Crippen LogP contribution in [0.4, 0.5) is 0 Å². The van der Waals surface area contributed by atoms with Gasteiger partial charge in [0.05, 0.1) is 12.6 Å². The molecule has 0 saturated carbocycles. The minimum Gasteiger partial charge on any atom is -0.358 e. The number of likely N-dealkylation sites (N-methyl/N-ethyl adjacent to an activating group) is 2. The largest absolute Gasteiger partial charge is 0.358 e. The first-order valence-corrected chi connectivity index (χ1v) is 7.57. The maximum atomic E-state index is 11.5. The molecule has 1 aromatic heterocycles. The summed E-state index contributed by atoms with van der Waals surface area (Å²) in [6.07, 6.45) is 0.873. The third kappa shape index (κ3) is 4.05. The lowest BCUT2D eigenvalue weighted by Crippen LogP contribution is -2.42. The van der Waals surface area contributed by atoms with Crippen LogP contribution >= 0.6 is 27.3 Å². The van der Waals surface area contributed by atoms with Crippen LogP contribution in [0.15, 0.2) is 15.9 Å². The number of nitrogens with zero attached hydrogens (tertiary/aromatic N) is 1. The summed E-state index contributed by atoms with van der Waals surface area (Å²) in [4.78, 5) is 14.7. The number of nitrogens with one attached hydrogen (secondary N) is 1. The van der Waals surface area contributed by atoms with Crippen molar-refractivity contribution in [2.45, 2.75) is 25.4 Å². The average Bonchev–Trinajstić information content (AvgIpc) is 2.75. The molecular weight excluding hydrogens is 314 g/mol. The molecule has 1 aromatic rings. The average molecular weight is 334 g/mol. The molecule has 1 rings (SSSR count). The van der Waals surface area contributed by atoms with Crippen LogP contribution in [0, 0.1) is 0 Å². The van der Waals surface area contributed by atoms with Crippen molar-refractivity contribution in [3.8, 4) is 0 Å². The third-order valence-corrected chi connectivity index (χ3v) is 4.67. The summed E-state index contributed by atoms with van der Waals surface area (Å²) in [6, 6.07) is 2.17. The van der Waals surface area contributed by atoms with Crippen LogP contribution in [0.5, 0.6) is 0 Å². The summed E-state index contributed by atoms with van der Waals surface area (Å²) >= 11 is 5.12. The Morgan fingerprint density at radius 1 is 1.67 bits per heavy atom. The number of nitrogens with two attached hydrogens (primary N) is 1. The summed E-state index contributed by atoms with van der Waals surface area (Å²) < 4.78 is 1.06. The second-order valence-electron chi connectivity index (χ2n) is 4.27. The second-order valence-corrected chi connectivity index (χ2v) is 6.13. The van der Waals surface area contributed by atoms with E-state index in [9.17, 15) is 4.79 Å². The Labute approximate surface area is 121 Å². The Morgan fingerprint density at radius 3 is 2.78 bits per heavy atom. The predicted octanol–water partition coefficient (Wildman–Crippen LogP) is 1.97. The molecule has 0 aliphatic heterocycles. The fourth-order valence-corrected chi connectivity index (χ4v) is 3.55. The Bertz CT molecular complexity index is 396. The molecule has 18 heavy (non-hydrogen) atoms. The highest BCUT2D eigenvalue weighted by atomic mass is 79.9. The summed E-state index contributed by atoms with van der Waals surface area (Å²) in [5.41, 5.74) is 6.19. The lowest BCUT2D eigenvalue weighted by atomic mass is 10.0. The van der Waals surface area contributed by atoms with Gasteiger partial charge in [0.25, 0.3) is 0 Å². The van der Waals surface area contributed by atoms with E-state index >= 15 is 0 Å². The van der Waals surface area contributed by atoms with Crippen LogP contribution < -0.4 is 11.1 Å². The molecular formula is C12H20BrN3OS. The number of rotatable bonds is 6. The smallest absolute Gasteiger partial charge is 0.233 e. The van der Waals surface area contributed by atoms with E-state index in [-0.39, 0.29) is 18.0 Å². The van der Waals surface area contributed by atoms with Gasteiger partial charge < -0.3 is 11.1 Å². The van der Waals surface area contributed by atoms with Crippen LogP contribution in [0.1, 0.15) is 24.3 Å². The number of halogens is 1. The molecule has 2 atom stereocenters. The number of carbonyl (C=O) groups excluding carboxylic acids is 1. The van der Waals surface area contributed by atoms with Gasteiger partial charge in [-0.15, -0.1) is 11.3 Å². The molecule has 3 N–H and O–H groups in total. The summed E-state index contributed by atoms with van der Waals surface area (Å²) in [7, 11) is 3.58. The van der Waals surface area contributed by atoms with Gasteiger partial charge in [0.1, 0.15) is 0 Å². The van der Waals surface area contributed by atoms with Crippen LogP contribution in [0.25, 0.3) is 0 Å². The zero-order chi connectivity index (χ0) is 13.7. The molecule has 0 aliphatic carbocycles. The van der Waals surface area contributed by atoms with E-state index in [4.69, 9.17) is 5.73 Å². The monoisotopic (exact) mass is 333 g/mol. The van der Waals surface area contributed by atoms with Crippen molar-refractivity contribution in [2.75, 3.05) is 20.6 Å². The van der Waals surface area contributed by atoms with Gasteiger partial charge in [-0.05, 0) is 35.5 Å². The van der Waals surface area contributed by atoms with Gasteiger partial charge in [-0.3, -0.25) is 9.69 Å². The summed E-state index contributed by atoms with van der Waals surface area (Å²) in [6.45, 7) is 2.42. The van der Waals surface area contributed by atoms with Crippen molar-refractivity contribution in [1.82, 2.24) is 10.2 Å². The van der Waals surface area contributed by atoms with Crippen molar-refractivity contribution >= 4 is 33.2 Å². The van der Waals surface area contributed by atoms with E-state index in [1.54, 1.807) is 18.4 Å². The van der Waals surface area contributed by atoms with Gasteiger partial charge in [-0.1, -0.05) is 6.92 Å². The number of carbonyl (C=O) groups is 1. The van der Waals surface area contributed by atoms with E-state index < -0.39 is 0 Å². The number of amides is 1. The maximum Gasteiger partial charge on any atom is 0.233 e. The van der Waals surface area contributed by atoms with E-state index in [0.717, 1.165) is 10.9 Å². The molecule has 0 aromatic carbocycles. The van der Waals surface area contributed by atoms with Gasteiger partial charge in [0, 0.05) is 27.8 Å². The second kappa shape index (κ2) is 7.23. The van der Waals surface area contributed by atoms with Gasteiger partial charge in [0.15, 0.2) is 0 Å². The normalized spacial score (nSPS) is 14.6. The van der Waals surface area contributed by atoms with Gasteiger partial charge in [0.2, 0.25) is 5.91 Å². The molecule has 0 spiro atoms. The summed E-state index contributed by atoms with van der Waals surface area (Å²) in [5.74, 6) is 0.00132. The fraction of sp³-hybridized carbons (Fsp3) is 0.583. The number of hydrogen-bond acceptors (Lipinski definition) is 4. The van der Waals surface area contributed by atoms with Crippen molar-refractivity contribution in [2.24, 2.45) is 5.73 Å². The topological polar surface area (TPSA) is 58.4 Å². The minimum absolute atomic E-state index is 0.00132. The maximum absolute atomic E-state index is 11.5. The molecule has 102 valence electrons. The van der Waals surface area contributed by atoms with Crippen LogP contribution in [0.2, 0.25) is 0 Å². The van der Waals surface area contributed by atoms with Crippen molar-refractivity contribution in [3.63, 3.8) is 0 Å². The first-order chi connectivity index (χ1) is 8.49. The Hall–Kier alpha value is -0.430. The number of thiophene rings is 1. The summed E-state index contributed by atoms with van der Waals surface area (Å²) in [5, 5.41) is 4.68. The van der Waals surface area contributed by atoms with Crippen molar-refractivity contribution in [3.05, 3.63) is 20.8 Å². The first kappa shape index (κ1) is 15.6. The Morgan fingerprint density at radius 2 is 2.33 bits per heavy atom. The Balaban J connectivity index is 2.88. The molecule has 0 fully saturated rings. The molecule has 4 nitrogen and oxygen atoms in total. The zero-order valence-corrected chi connectivity index (χ0v) is 13.3. The van der Waals surface area contributed by atoms with E-state index in [1.165, 1.54) is 4.88 Å². The highest BCUT2D eigenvalue weighted by molar-refractivity contribution is 9.10. The van der Waals surface area contributed by atoms with Gasteiger partial charge >= 0.3 is 0 Å². The molecule has 2 unspecified atom stereocenters. The molecule has 0 bridgehead atoms. The quantitative estimate of drug-likeness (QED) is 0.836. The predicted molar refractivity (Wildman–Crippen MR) is 79.7 cm³/mol. The van der Waals surface area contributed by atoms with Crippen molar-refractivity contribution in [1.29, 1.82) is 0 Å².